The average molecular weight is 669 g/mol. The standard InChI is InChI=1S/C42H40N2O6/c1-25-20-35(45)34-22-33-30(37(39(34)40(25)47)31-13-12-29(21-36(31)46)50-24-27-10-6-3-7-11-27)14-15-32-38(33)42(49)44(41(32)48)28-16-18-43(19-17-28)23-26-8-4-2-5-9-26/h2-14,20-21,28,32-33,37-38,46H,15-19,22-24H2,1H3/t32-,33+,37+,38-/m0/s1. The fourth-order valence-electron chi connectivity index (χ4n) is 8.88. The van der Waals surface area contributed by atoms with Crippen LogP contribution in [0.2, 0.25) is 0 Å². The number of fused-ring (bicyclic) bond motifs is 3. The highest BCUT2D eigenvalue weighted by Crippen LogP contribution is 2.56. The number of aromatic hydroxyl groups is 1. The maximum absolute atomic E-state index is 14.4. The van der Waals surface area contributed by atoms with Crippen molar-refractivity contribution in [3.05, 3.63) is 130 Å². The van der Waals surface area contributed by atoms with Crippen LogP contribution in [0.4, 0.5) is 0 Å². The van der Waals surface area contributed by atoms with Crippen molar-refractivity contribution >= 4 is 23.4 Å². The number of amides is 2. The first kappa shape index (κ1) is 32.1. The summed E-state index contributed by atoms with van der Waals surface area (Å²) in [5.74, 6) is -2.63. The molecular weight excluding hydrogens is 628 g/mol. The van der Waals surface area contributed by atoms with Crippen molar-refractivity contribution in [1.82, 2.24) is 9.80 Å². The van der Waals surface area contributed by atoms with E-state index in [-0.39, 0.29) is 41.6 Å². The molecular formula is C42H40N2O6. The molecule has 4 atom stereocenters. The van der Waals surface area contributed by atoms with Crippen LogP contribution in [0.3, 0.4) is 0 Å². The number of ketones is 2. The van der Waals surface area contributed by atoms with Crippen LogP contribution in [0.15, 0.2) is 113 Å². The van der Waals surface area contributed by atoms with Gasteiger partial charge in [-0.3, -0.25) is 29.0 Å². The summed E-state index contributed by atoms with van der Waals surface area (Å²) in [6, 6.07) is 24.9. The van der Waals surface area contributed by atoms with Crippen molar-refractivity contribution in [2.75, 3.05) is 13.1 Å². The fraction of sp³-hybridized carbons (Fsp3) is 0.333. The normalized spacial score (nSPS) is 25.6. The number of imide groups is 1. The molecule has 3 aromatic carbocycles. The highest BCUT2D eigenvalue weighted by Gasteiger charge is 2.57. The lowest BCUT2D eigenvalue weighted by Crippen LogP contribution is -2.47. The van der Waals surface area contributed by atoms with Gasteiger partial charge in [0.15, 0.2) is 11.6 Å². The van der Waals surface area contributed by atoms with Gasteiger partial charge in [-0.05, 0) is 61.8 Å². The molecule has 5 aliphatic rings. The van der Waals surface area contributed by atoms with Crippen molar-refractivity contribution in [2.45, 2.75) is 57.7 Å². The highest BCUT2D eigenvalue weighted by atomic mass is 16.5. The molecule has 8 heteroatoms. The zero-order valence-electron chi connectivity index (χ0n) is 28.1. The molecule has 0 radical (unpaired) electrons. The summed E-state index contributed by atoms with van der Waals surface area (Å²) in [6.07, 6.45) is 5.41. The van der Waals surface area contributed by atoms with Gasteiger partial charge in [-0.25, -0.2) is 0 Å². The molecule has 3 aromatic rings. The van der Waals surface area contributed by atoms with E-state index in [9.17, 15) is 24.3 Å². The monoisotopic (exact) mass is 668 g/mol. The second-order valence-electron chi connectivity index (χ2n) is 14.3. The Morgan fingerprint density at radius 2 is 1.54 bits per heavy atom. The van der Waals surface area contributed by atoms with Crippen LogP contribution in [0.5, 0.6) is 11.5 Å². The minimum atomic E-state index is -0.717. The third-order valence-electron chi connectivity index (χ3n) is 11.3. The Morgan fingerprint density at radius 3 is 2.24 bits per heavy atom. The summed E-state index contributed by atoms with van der Waals surface area (Å²) in [5, 5.41) is 11.5. The maximum atomic E-state index is 14.4. The number of benzene rings is 3. The van der Waals surface area contributed by atoms with Crippen molar-refractivity contribution in [2.24, 2.45) is 17.8 Å². The van der Waals surface area contributed by atoms with E-state index in [1.54, 1.807) is 30.0 Å². The smallest absolute Gasteiger partial charge is 0.233 e. The average Bonchev–Trinajstić information content (AvgIpc) is 3.39. The first-order valence-electron chi connectivity index (χ1n) is 17.6. The number of phenols is 1. The van der Waals surface area contributed by atoms with Crippen LogP contribution in [0.1, 0.15) is 55.2 Å². The van der Waals surface area contributed by atoms with Crippen LogP contribution in [-0.2, 0) is 32.3 Å². The predicted molar refractivity (Wildman–Crippen MR) is 187 cm³/mol. The van der Waals surface area contributed by atoms with Crippen molar-refractivity contribution in [3.63, 3.8) is 0 Å². The minimum Gasteiger partial charge on any atom is -0.507 e. The number of Topliss-reactive ketones (excluding diaryl/α,β-unsaturated/α-hetero) is 1. The molecule has 254 valence electrons. The van der Waals surface area contributed by atoms with Gasteiger partial charge in [0.05, 0.1) is 11.8 Å². The molecule has 8 nitrogen and oxygen atoms in total. The van der Waals surface area contributed by atoms with Gasteiger partial charge in [-0.2, -0.15) is 0 Å². The quantitative estimate of drug-likeness (QED) is 0.185. The highest BCUT2D eigenvalue weighted by molar-refractivity contribution is 6.24. The number of ether oxygens (including phenoxy) is 1. The van der Waals surface area contributed by atoms with Gasteiger partial charge in [-0.1, -0.05) is 78.4 Å². The molecule has 3 aliphatic carbocycles. The van der Waals surface area contributed by atoms with E-state index in [4.69, 9.17) is 4.74 Å². The second-order valence-corrected chi connectivity index (χ2v) is 14.3. The predicted octanol–water partition coefficient (Wildman–Crippen LogP) is 6.07. The number of phenolic OH excluding ortho intramolecular Hbond substituents is 1. The van der Waals surface area contributed by atoms with Crippen molar-refractivity contribution in [3.8, 4) is 11.5 Å². The molecule has 2 aliphatic heterocycles. The summed E-state index contributed by atoms with van der Waals surface area (Å²) in [5.41, 5.74) is 4.63. The molecule has 50 heavy (non-hydrogen) atoms. The molecule has 2 fully saturated rings. The topological polar surface area (TPSA) is 104 Å². The zero-order chi connectivity index (χ0) is 34.5. The van der Waals surface area contributed by atoms with Crippen molar-refractivity contribution in [1.29, 1.82) is 0 Å². The molecule has 0 spiro atoms. The minimum absolute atomic E-state index is 0.0544. The Bertz CT molecular complexity index is 1970. The molecule has 2 amide bonds. The first-order valence-corrected chi connectivity index (χ1v) is 17.6. The molecule has 0 unspecified atom stereocenters. The number of hydrogen-bond acceptors (Lipinski definition) is 7. The van der Waals surface area contributed by atoms with Gasteiger partial charge >= 0.3 is 0 Å². The van der Waals surface area contributed by atoms with E-state index < -0.39 is 23.7 Å². The summed E-state index contributed by atoms with van der Waals surface area (Å²) >= 11 is 0. The first-order chi connectivity index (χ1) is 24.3. The van der Waals surface area contributed by atoms with Crippen LogP contribution in [0.25, 0.3) is 0 Å². The van der Waals surface area contributed by atoms with Gasteiger partial charge in [0, 0.05) is 59.9 Å². The summed E-state index contributed by atoms with van der Waals surface area (Å²) in [7, 11) is 0. The number of hydrogen-bond donors (Lipinski definition) is 1. The molecule has 2 heterocycles. The lowest BCUT2D eigenvalue weighted by atomic mass is 9.59. The summed E-state index contributed by atoms with van der Waals surface area (Å²) in [6.45, 7) is 4.39. The molecule has 0 bridgehead atoms. The SMILES string of the molecule is CC1=CC(=O)C2=C(C1=O)[C@@H](c1ccc(OCc3ccccc3)cc1O)C1=CC[C@@H]3C(=O)N(C4CCN(Cc5ccccc5)CC4)C(=O)[C@@H]3[C@@H]1C2. The van der Waals surface area contributed by atoms with Crippen LogP contribution in [0, 0.1) is 17.8 Å². The third-order valence-corrected chi connectivity index (χ3v) is 11.3. The number of rotatable bonds is 7. The van der Waals surface area contributed by atoms with Crippen LogP contribution < -0.4 is 4.74 Å². The largest absolute Gasteiger partial charge is 0.507 e. The molecule has 0 aromatic heterocycles. The number of allylic oxidation sites excluding steroid dienone is 6. The number of carbonyl (C=O) groups is 4. The van der Waals surface area contributed by atoms with Crippen molar-refractivity contribution < 1.29 is 29.0 Å². The van der Waals surface area contributed by atoms with Crippen LogP contribution in [-0.4, -0.2) is 57.4 Å². The van der Waals surface area contributed by atoms with Gasteiger partial charge in [0.1, 0.15) is 18.1 Å². The van der Waals surface area contributed by atoms with Gasteiger partial charge in [0.2, 0.25) is 11.8 Å². The Balaban J connectivity index is 1.07. The number of piperidine rings is 1. The lowest BCUT2D eigenvalue weighted by Gasteiger charge is -2.42. The Hall–Kier alpha value is -5.08. The van der Waals surface area contributed by atoms with E-state index >= 15 is 0 Å². The Labute approximate surface area is 291 Å². The molecule has 1 N–H and O–H groups in total. The van der Waals surface area contributed by atoms with Crippen LogP contribution >= 0.6 is 0 Å². The zero-order valence-corrected chi connectivity index (χ0v) is 28.1. The Morgan fingerprint density at radius 1 is 0.840 bits per heavy atom. The van der Waals surface area contributed by atoms with Gasteiger partial charge < -0.3 is 9.84 Å². The molecule has 8 rings (SSSR count). The Kier molecular flexibility index (Phi) is 8.35. The number of nitrogens with zero attached hydrogens (tertiary/aromatic N) is 2. The molecule has 0 saturated carbocycles. The second kappa shape index (κ2) is 13.0. The summed E-state index contributed by atoms with van der Waals surface area (Å²) in [4.78, 5) is 59.7. The van der Waals surface area contributed by atoms with Gasteiger partial charge in [0.25, 0.3) is 0 Å². The maximum Gasteiger partial charge on any atom is 0.233 e. The van der Waals surface area contributed by atoms with Gasteiger partial charge in [-0.15, -0.1) is 0 Å². The fourth-order valence-corrected chi connectivity index (χ4v) is 8.88. The number of likely N-dealkylation sites (tertiary alicyclic amines) is 2. The number of carbonyl (C=O) groups excluding carboxylic acids is 4. The third kappa shape index (κ3) is 5.61. The lowest BCUT2D eigenvalue weighted by molar-refractivity contribution is -0.144. The van der Waals surface area contributed by atoms with E-state index in [0.717, 1.165) is 43.6 Å². The van der Waals surface area contributed by atoms with E-state index in [0.29, 0.717) is 41.1 Å². The molecule has 2 saturated heterocycles. The van der Waals surface area contributed by atoms with E-state index in [2.05, 4.69) is 17.0 Å². The van der Waals surface area contributed by atoms with E-state index in [1.165, 1.54) is 11.6 Å². The summed E-state index contributed by atoms with van der Waals surface area (Å²) < 4.78 is 5.96. The van der Waals surface area contributed by atoms with E-state index in [1.807, 2.05) is 54.6 Å².